The van der Waals surface area contributed by atoms with Crippen LogP contribution in [0, 0.1) is 0 Å². The molecule has 3 aromatic rings. The van der Waals surface area contributed by atoms with Gasteiger partial charge in [0.05, 0.1) is 21.9 Å². The highest BCUT2D eigenvalue weighted by molar-refractivity contribution is 7.91. The molecule has 0 saturated carbocycles. The highest BCUT2D eigenvalue weighted by Gasteiger charge is 2.30. The Bertz CT molecular complexity index is 1160. The zero-order valence-electron chi connectivity index (χ0n) is 15.1. The third kappa shape index (κ3) is 5.59. The van der Waals surface area contributed by atoms with Gasteiger partial charge in [-0.2, -0.15) is 13.2 Å². The van der Waals surface area contributed by atoms with E-state index in [0.29, 0.717) is 5.02 Å². The van der Waals surface area contributed by atoms with Crippen molar-refractivity contribution in [1.29, 1.82) is 0 Å². The van der Waals surface area contributed by atoms with Crippen molar-refractivity contribution in [2.24, 2.45) is 0 Å². The molecule has 0 saturated heterocycles. The molecule has 0 atom stereocenters. The molecule has 1 N–H and O–H groups in total. The first-order valence-electron chi connectivity index (χ1n) is 8.46. The normalized spacial score (nSPS) is 12.0. The number of halogens is 4. The van der Waals surface area contributed by atoms with Crippen molar-refractivity contribution < 1.29 is 26.4 Å². The summed E-state index contributed by atoms with van der Waals surface area (Å²) < 4.78 is 63.1. The van der Waals surface area contributed by atoms with Crippen LogP contribution in [0.15, 0.2) is 58.8 Å². The lowest BCUT2D eigenvalue weighted by Crippen LogP contribution is -2.17. The van der Waals surface area contributed by atoms with E-state index >= 15 is 0 Å². The standard InChI is InChI=1S/C19H14ClF3N2O3S2/c20-14-4-6-15(7-5-14)30(27,28)9-8-17(26)25-18-24-16(11-29-18)12-2-1-3-13(10-12)19(21,22)23/h1-7,10-11H,8-9H2,(H,24,25,26). The summed E-state index contributed by atoms with van der Waals surface area (Å²) in [6.07, 6.45) is -4.78. The molecule has 158 valence electrons. The van der Waals surface area contributed by atoms with Crippen molar-refractivity contribution in [3.63, 3.8) is 0 Å². The molecule has 0 fully saturated rings. The Balaban J connectivity index is 1.63. The number of hydrogen-bond acceptors (Lipinski definition) is 5. The number of rotatable bonds is 6. The number of alkyl halides is 3. The number of aromatic nitrogens is 1. The number of carbonyl (C=O) groups is 1. The van der Waals surface area contributed by atoms with Gasteiger partial charge in [0.1, 0.15) is 0 Å². The van der Waals surface area contributed by atoms with Gasteiger partial charge in [-0.25, -0.2) is 13.4 Å². The summed E-state index contributed by atoms with van der Waals surface area (Å²) in [4.78, 5) is 16.3. The fraction of sp³-hybridized carbons (Fsp3) is 0.158. The summed E-state index contributed by atoms with van der Waals surface area (Å²) in [5.41, 5.74) is -0.270. The van der Waals surface area contributed by atoms with E-state index in [0.717, 1.165) is 23.5 Å². The van der Waals surface area contributed by atoms with E-state index in [9.17, 15) is 26.4 Å². The number of sulfone groups is 1. The van der Waals surface area contributed by atoms with Crippen LogP contribution in [0.3, 0.4) is 0 Å². The molecule has 1 aromatic heterocycles. The first kappa shape index (κ1) is 22.3. The van der Waals surface area contributed by atoms with E-state index in [1.54, 1.807) is 0 Å². The average Bonchev–Trinajstić information content (AvgIpc) is 3.15. The van der Waals surface area contributed by atoms with Gasteiger partial charge in [-0.05, 0) is 36.4 Å². The molecule has 0 spiro atoms. The van der Waals surface area contributed by atoms with Gasteiger partial charge in [0.15, 0.2) is 15.0 Å². The first-order chi connectivity index (χ1) is 14.0. The van der Waals surface area contributed by atoms with Gasteiger partial charge in [-0.1, -0.05) is 23.7 Å². The zero-order chi connectivity index (χ0) is 21.9. The Morgan fingerprint density at radius 1 is 1.13 bits per heavy atom. The summed E-state index contributed by atoms with van der Waals surface area (Å²) in [5.74, 6) is -0.982. The molecule has 0 aliphatic heterocycles. The second kappa shape index (κ2) is 8.75. The van der Waals surface area contributed by atoms with E-state index < -0.39 is 33.2 Å². The van der Waals surface area contributed by atoms with Crippen LogP contribution in [-0.4, -0.2) is 25.1 Å². The Morgan fingerprint density at radius 2 is 1.83 bits per heavy atom. The van der Waals surface area contributed by atoms with Crippen LogP contribution < -0.4 is 5.32 Å². The minimum absolute atomic E-state index is 0.0563. The zero-order valence-corrected chi connectivity index (χ0v) is 17.5. The number of hydrogen-bond donors (Lipinski definition) is 1. The summed E-state index contributed by atoms with van der Waals surface area (Å²) in [5, 5.41) is 4.54. The molecule has 0 bridgehead atoms. The van der Waals surface area contributed by atoms with E-state index in [1.807, 2.05) is 0 Å². The molecule has 30 heavy (non-hydrogen) atoms. The molecule has 2 aromatic carbocycles. The topological polar surface area (TPSA) is 76.1 Å². The van der Waals surface area contributed by atoms with Gasteiger partial charge >= 0.3 is 6.18 Å². The summed E-state index contributed by atoms with van der Waals surface area (Å²) in [7, 11) is -3.66. The number of amides is 1. The van der Waals surface area contributed by atoms with Gasteiger partial charge in [0.25, 0.3) is 0 Å². The lowest BCUT2D eigenvalue weighted by atomic mass is 10.1. The average molecular weight is 475 g/mol. The maximum atomic E-state index is 12.9. The molecule has 0 unspecified atom stereocenters. The molecular weight excluding hydrogens is 461 g/mol. The van der Waals surface area contributed by atoms with Gasteiger partial charge in [0, 0.05) is 22.4 Å². The minimum atomic E-state index is -4.47. The van der Waals surface area contributed by atoms with Crippen molar-refractivity contribution in [3.8, 4) is 11.3 Å². The Labute approximate surface area is 179 Å². The van der Waals surface area contributed by atoms with Crippen molar-refractivity contribution in [2.75, 3.05) is 11.1 Å². The fourth-order valence-corrected chi connectivity index (χ4v) is 4.59. The van der Waals surface area contributed by atoms with Gasteiger partial charge in [-0.3, -0.25) is 4.79 Å². The molecule has 0 radical (unpaired) electrons. The molecule has 1 amide bonds. The number of benzene rings is 2. The third-order valence-corrected chi connectivity index (χ3v) is 6.75. The van der Waals surface area contributed by atoms with Gasteiger partial charge < -0.3 is 5.32 Å². The lowest BCUT2D eigenvalue weighted by molar-refractivity contribution is -0.137. The minimum Gasteiger partial charge on any atom is -0.302 e. The Hall–Kier alpha value is -2.43. The molecule has 11 heteroatoms. The number of carbonyl (C=O) groups excluding carboxylic acids is 1. The molecule has 5 nitrogen and oxygen atoms in total. The maximum absolute atomic E-state index is 12.9. The summed E-state index contributed by atoms with van der Waals surface area (Å²) in [6, 6.07) is 10.3. The fourth-order valence-electron chi connectivity index (χ4n) is 2.49. The number of thiazole rings is 1. The molecule has 3 rings (SSSR count). The maximum Gasteiger partial charge on any atom is 0.416 e. The SMILES string of the molecule is O=C(CCS(=O)(=O)c1ccc(Cl)cc1)Nc1nc(-c2cccc(C(F)(F)F)c2)cs1. The Morgan fingerprint density at radius 3 is 2.50 bits per heavy atom. The van der Waals surface area contributed by atoms with Gasteiger partial charge in [0.2, 0.25) is 5.91 Å². The van der Waals surface area contributed by atoms with Crippen molar-refractivity contribution >= 4 is 43.8 Å². The van der Waals surface area contributed by atoms with Crippen LogP contribution in [-0.2, 0) is 20.8 Å². The van der Waals surface area contributed by atoms with E-state index in [4.69, 9.17) is 11.6 Å². The monoisotopic (exact) mass is 474 g/mol. The predicted octanol–water partition coefficient (Wildman–Crippen LogP) is 5.28. The third-order valence-electron chi connectivity index (χ3n) is 4.01. The number of anilines is 1. The van der Waals surface area contributed by atoms with Crippen molar-refractivity contribution in [2.45, 2.75) is 17.5 Å². The summed E-state index contributed by atoms with van der Waals surface area (Å²) in [6.45, 7) is 0. The van der Waals surface area contributed by atoms with E-state index in [2.05, 4.69) is 10.3 Å². The van der Waals surface area contributed by atoms with Crippen LogP contribution in [0.4, 0.5) is 18.3 Å². The van der Waals surface area contributed by atoms with E-state index in [-0.39, 0.29) is 27.7 Å². The molecular formula is C19H14ClF3N2O3S2. The van der Waals surface area contributed by atoms with Crippen LogP contribution in [0.5, 0.6) is 0 Å². The number of nitrogens with one attached hydrogen (secondary N) is 1. The summed E-state index contributed by atoms with van der Waals surface area (Å²) >= 11 is 6.77. The lowest BCUT2D eigenvalue weighted by Gasteiger charge is -2.07. The van der Waals surface area contributed by atoms with Gasteiger partial charge in [-0.15, -0.1) is 11.3 Å². The quantitative estimate of drug-likeness (QED) is 0.527. The number of nitrogens with zero attached hydrogens (tertiary/aromatic N) is 1. The van der Waals surface area contributed by atoms with Crippen molar-refractivity contribution in [1.82, 2.24) is 4.98 Å². The second-order valence-corrected chi connectivity index (χ2v) is 9.59. The van der Waals surface area contributed by atoms with E-state index in [1.165, 1.54) is 41.8 Å². The van der Waals surface area contributed by atoms with Crippen molar-refractivity contribution in [3.05, 3.63) is 64.5 Å². The molecule has 0 aliphatic rings. The highest BCUT2D eigenvalue weighted by atomic mass is 35.5. The smallest absolute Gasteiger partial charge is 0.302 e. The van der Waals surface area contributed by atoms with Crippen LogP contribution in [0.1, 0.15) is 12.0 Å². The van der Waals surface area contributed by atoms with Crippen LogP contribution in [0.2, 0.25) is 5.02 Å². The Kier molecular flexibility index (Phi) is 6.49. The first-order valence-corrected chi connectivity index (χ1v) is 11.4. The largest absolute Gasteiger partial charge is 0.416 e. The predicted molar refractivity (Wildman–Crippen MR) is 109 cm³/mol. The second-order valence-electron chi connectivity index (χ2n) is 6.19. The van der Waals surface area contributed by atoms with Crippen LogP contribution >= 0.6 is 22.9 Å². The molecule has 1 heterocycles. The molecule has 0 aliphatic carbocycles. The highest BCUT2D eigenvalue weighted by Crippen LogP contribution is 2.33. The van der Waals surface area contributed by atoms with Crippen LogP contribution in [0.25, 0.3) is 11.3 Å².